The third kappa shape index (κ3) is 2.76. The molecule has 0 aliphatic carbocycles. The van der Waals surface area contributed by atoms with Gasteiger partial charge in [0.1, 0.15) is 5.75 Å². The van der Waals surface area contributed by atoms with E-state index in [1.807, 2.05) is 30.3 Å². The summed E-state index contributed by atoms with van der Waals surface area (Å²) in [5, 5.41) is 0. The molecule has 0 atom stereocenters. The lowest BCUT2D eigenvalue weighted by molar-refractivity contribution is 0.0807. The van der Waals surface area contributed by atoms with Crippen molar-refractivity contribution >= 4 is 0 Å². The Bertz CT molecular complexity index is 206. The predicted octanol–water partition coefficient (Wildman–Crippen LogP) is 2.18. The van der Waals surface area contributed by atoms with E-state index in [0.717, 1.165) is 5.75 Å². The zero-order valence-corrected chi connectivity index (χ0v) is 6.19. The molecular weight excluding hydrogens is 140 g/mol. The smallest absolute Gasteiger partial charge is 0.229 e. The average molecular weight is 150 g/mol. The van der Waals surface area contributed by atoms with Crippen LogP contribution in [0.25, 0.3) is 0 Å². The minimum atomic E-state index is 0.216. The molecule has 2 heteroatoms. The summed E-state index contributed by atoms with van der Waals surface area (Å²) < 4.78 is 9.93. The van der Waals surface area contributed by atoms with E-state index in [1.54, 1.807) is 0 Å². The Labute approximate surface area is 66.1 Å². The average Bonchev–Trinajstić information content (AvgIpc) is 2.07. The van der Waals surface area contributed by atoms with Crippen molar-refractivity contribution in [3.63, 3.8) is 0 Å². The van der Waals surface area contributed by atoms with Gasteiger partial charge in [-0.1, -0.05) is 24.8 Å². The molecule has 0 aromatic heterocycles. The normalized spacial score (nSPS) is 8.73. The number of ether oxygens (including phenoxy) is 2. The molecule has 0 saturated carbocycles. The highest BCUT2D eigenvalue weighted by Crippen LogP contribution is 2.07. The maximum atomic E-state index is 5.15. The van der Waals surface area contributed by atoms with Gasteiger partial charge in [-0.15, -0.1) is 0 Å². The van der Waals surface area contributed by atoms with E-state index in [1.165, 1.54) is 6.26 Å². The van der Waals surface area contributed by atoms with Crippen molar-refractivity contribution in [1.29, 1.82) is 0 Å². The molecule has 0 aliphatic rings. The molecular formula is C9H10O2. The van der Waals surface area contributed by atoms with Crippen LogP contribution in [-0.2, 0) is 4.74 Å². The first-order chi connectivity index (χ1) is 5.43. The quantitative estimate of drug-likeness (QED) is 0.372. The second-order valence-electron chi connectivity index (χ2n) is 1.91. The summed E-state index contributed by atoms with van der Waals surface area (Å²) in [4.78, 5) is 0. The van der Waals surface area contributed by atoms with Gasteiger partial charge in [-0.2, -0.15) is 0 Å². The number of hydrogen-bond acceptors (Lipinski definition) is 2. The second kappa shape index (κ2) is 4.39. The van der Waals surface area contributed by atoms with Gasteiger partial charge in [-0.25, -0.2) is 0 Å². The van der Waals surface area contributed by atoms with Crippen LogP contribution < -0.4 is 4.74 Å². The van der Waals surface area contributed by atoms with Crippen molar-refractivity contribution < 1.29 is 9.47 Å². The van der Waals surface area contributed by atoms with Gasteiger partial charge in [-0.3, -0.25) is 0 Å². The maximum absolute atomic E-state index is 5.15. The molecule has 0 saturated heterocycles. The monoisotopic (exact) mass is 150 g/mol. The van der Waals surface area contributed by atoms with Gasteiger partial charge in [0.2, 0.25) is 6.79 Å². The standard InChI is InChI=1S/C9H10O2/c1-2-10-8-11-9-6-4-3-5-7-9/h2-7H,1,8H2. The highest BCUT2D eigenvalue weighted by molar-refractivity contribution is 5.20. The highest BCUT2D eigenvalue weighted by Gasteiger charge is 1.87. The molecule has 1 aromatic rings. The number of benzene rings is 1. The van der Waals surface area contributed by atoms with Crippen molar-refractivity contribution in [2.75, 3.05) is 6.79 Å². The molecule has 0 fully saturated rings. The Morgan fingerprint density at radius 3 is 2.64 bits per heavy atom. The third-order valence-corrected chi connectivity index (χ3v) is 1.15. The van der Waals surface area contributed by atoms with Gasteiger partial charge in [-0.05, 0) is 12.1 Å². The number of para-hydroxylation sites is 1. The first kappa shape index (κ1) is 7.66. The van der Waals surface area contributed by atoms with Crippen LogP contribution in [0.3, 0.4) is 0 Å². The van der Waals surface area contributed by atoms with E-state index < -0.39 is 0 Å². The summed E-state index contributed by atoms with van der Waals surface area (Å²) in [6.45, 7) is 3.61. The van der Waals surface area contributed by atoms with Crippen LogP contribution in [0.4, 0.5) is 0 Å². The van der Waals surface area contributed by atoms with E-state index in [0.29, 0.717) is 0 Å². The summed E-state index contributed by atoms with van der Waals surface area (Å²) in [6, 6.07) is 9.48. The molecule has 0 spiro atoms. The van der Waals surface area contributed by atoms with E-state index >= 15 is 0 Å². The summed E-state index contributed by atoms with van der Waals surface area (Å²) >= 11 is 0. The van der Waals surface area contributed by atoms with Crippen LogP contribution in [0.15, 0.2) is 43.2 Å². The van der Waals surface area contributed by atoms with Gasteiger partial charge in [0.05, 0.1) is 6.26 Å². The molecule has 0 N–H and O–H groups in total. The number of rotatable bonds is 4. The van der Waals surface area contributed by atoms with Crippen molar-refractivity contribution in [3.05, 3.63) is 43.2 Å². The van der Waals surface area contributed by atoms with Crippen LogP contribution in [0.5, 0.6) is 5.75 Å². The molecule has 0 heterocycles. The SMILES string of the molecule is C=COCOc1ccccc1. The number of hydrogen-bond donors (Lipinski definition) is 0. The molecule has 58 valence electrons. The zero-order valence-electron chi connectivity index (χ0n) is 6.19. The maximum Gasteiger partial charge on any atom is 0.229 e. The topological polar surface area (TPSA) is 18.5 Å². The fourth-order valence-electron chi connectivity index (χ4n) is 0.667. The molecule has 1 rings (SSSR count). The Balaban J connectivity index is 2.33. The van der Waals surface area contributed by atoms with E-state index in [2.05, 4.69) is 6.58 Å². The van der Waals surface area contributed by atoms with Crippen molar-refractivity contribution in [3.8, 4) is 5.75 Å². The lowest BCUT2D eigenvalue weighted by Crippen LogP contribution is -1.97. The van der Waals surface area contributed by atoms with Gasteiger partial charge in [0.15, 0.2) is 0 Å². The molecule has 1 aromatic carbocycles. The van der Waals surface area contributed by atoms with Crippen LogP contribution in [0.1, 0.15) is 0 Å². The van der Waals surface area contributed by atoms with Crippen LogP contribution >= 0.6 is 0 Å². The van der Waals surface area contributed by atoms with Crippen LogP contribution in [-0.4, -0.2) is 6.79 Å². The first-order valence-corrected chi connectivity index (χ1v) is 3.34. The van der Waals surface area contributed by atoms with Gasteiger partial charge < -0.3 is 9.47 Å². The summed E-state index contributed by atoms with van der Waals surface area (Å²) in [6.07, 6.45) is 1.35. The van der Waals surface area contributed by atoms with Crippen LogP contribution in [0, 0.1) is 0 Å². The lowest BCUT2D eigenvalue weighted by Gasteiger charge is -2.03. The fraction of sp³-hybridized carbons (Fsp3) is 0.111. The zero-order chi connectivity index (χ0) is 7.94. The third-order valence-electron chi connectivity index (χ3n) is 1.15. The minimum absolute atomic E-state index is 0.216. The molecule has 0 amide bonds. The van der Waals surface area contributed by atoms with Crippen molar-refractivity contribution in [1.82, 2.24) is 0 Å². The van der Waals surface area contributed by atoms with E-state index in [-0.39, 0.29) is 6.79 Å². The summed E-state index contributed by atoms with van der Waals surface area (Å²) in [7, 11) is 0. The Kier molecular flexibility index (Phi) is 3.06. The van der Waals surface area contributed by atoms with Gasteiger partial charge in [0, 0.05) is 0 Å². The minimum Gasteiger partial charge on any atom is -0.466 e. The fourth-order valence-corrected chi connectivity index (χ4v) is 0.667. The summed E-state index contributed by atoms with van der Waals surface area (Å²) in [5.41, 5.74) is 0. The largest absolute Gasteiger partial charge is 0.466 e. The molecule has 0 aliphatic heterocycles. The predicted molar refractivity (Wildman–Crippen MR) is 43.2 cm³/mol. The van der Waals surface area contributed by atoms with Crippen molar-refractivity contribution in [2.45, 2.75) is 0 Å². The van der Waals surface area contributed by atoms with Gasteiger partial charge >= 0.3 is 0 Å². The molecule has 0 bridgehead atoms. The van der Waals surface area contributed by atoms with E-state index in [9.17, 15) is 0 Å². The molecule has 11 heavy (non-hydrogen) atoms. The van der Waals surface area contributed by atoms with Gasteiger partial charge in [0.25, 0.3) is 0 Å². The van der Waals surface area contributed by atoms with Crippen LogP contribution in [0.2, 0.25) is 0 Å². The second-order valence-corrected chi connectivity index (χ2v) is 1.91. The summed E-state index contributed by atoms with van der Waals surface area (Å²) in [5.74, 6) is 0.800. The molecule has 0 unspecified atom stereocenters. The molecule has 2 nitrogen and oxygen atoms in total. The lowest BCUT2D eigenvalue weighted by atomic mass is 10.3. The molecule has 0 radical (unpaired) electrons. The first-order valence-electron chi connectivity index (χ1n) is 3.34. The Hall–Kier alpha value is -1.44. The van der Waals surface area contributed by atoms with E-state index in [4.69, 9.17) is 9.47 Å². The Morgan fingerprint density at radius 1 is 1.27 bits per heavy atom. The van der Waals surface area contributed by atoms with Crippen molar-refractivity contribution in [2.24, 2.45) is 0 Å². The highest BCUT2D eigenvalue weighted by atomic mass is 16.7. The Morgan fingerprint density at radius 2 is 2.00 bits per heavy atom.